The van der Waals surface area contributed by atoms with E-state index in [0.717, 1.165) is 24.1 Å². The third kappa shape index (κ3) is 3.20. The van der Waals surface area contributed by atoms with E-state index in [2.05, 4.69) is 5.32 Å². The van der Waals surface area contributed by atoms with Crippen molar-refractivity contribution in [2.45, 2.75) is 37.9 Å². The van der Waals surface area contributed by atoms with Crippen LogP contribution in [0.25, 0.3) is 0 Å². The maximum atomic E-state index is 11.9. The molecule has 0 bridgehead atoms. The molecule has 92 valence electrons. The molecule has 1 aliphatic rings. The fraction of sp³-hybridized carbons (Fsp3) is 0.462. The molecule has 1 aromatic carbocycles. The van der Waals surface area contributed by atoms with Crippen LogP contribution in [0.5, 0.6) is 0 Å². The first kappa shape index (κ1) is 12.4. The molecule has 1 aromatic rings. The lowest BCUT2D eigenvalue weighted by molar-refractivity contribution is -0.126. The van der Waals surface area contributed by atoms with Crippen LogP contribution >= 0.6 is 11.6 Å². The van der Waals surface area contributed by atoms with Crippen molar-refractivity contribution in [3.05, 3.63) is 29.8 Å². The Hall–Kier alpha value is -1.06. The molecule has 0 spiro atoms. The Bertz CT molecular complexity index is 408. The number of carbonyl (C=O) groups is 1. The van der Waals surface area contributed by atoms with Crippen LogP contribution in [-0.2, 0) is 15.4 Å². The van der Waals surface area contributed by atoms with E-state index < -0.39 is 0 Å². The average molecular weight is 254 g/mol. The Morgan fingerprint density at radius 3 is 3.00 bits per heavy atom. The molecule has 17 heavy (non-hydrogen) atoms. The molecular formula is C13H16ClNO2. The number of alkyl halides is 1. The Labute approximate surface area is 106 Å². The molecule has 1 amide bonds. The molecule has 2 rings (SSSR count). The molecule has 0 aromatic heterocycles. The maximum absolute atomic E-state index is 11.9. The Morgan fingerprint density at radius 2 is 2.35 bits per heavy atom. The molecule has 0 radical (unpaired) electrons. The zero-order valence-corrected chi connectivity index (χ0v) is 10.5. The second-order valence-corrected chi connectivity index (χ2v) is 4.60. The summed E-state index contributed by atoms with van der Waals surface area (Å²) in [6.07, 6.45) is 1.60. The summed E-state index contributed by atoms with van der Waals surface area (Å²) in [5.41, 5.74) is 1.77. The van der Waals surface area contributed by atoms with Crippen molar-refractivity contribution in [2.24, 2.45) is 0 Å². The number of rotatable bonds is 3. The zero-order chi connectivity index (χ0) is 12.3. The van der Waals surface area contributed by atoms with Crippen molar-refractivity contribution in [1.29, 1.82) is 0 Å². The topological polar surface area (TPSA) is 38.3 Å². The number of carbonyl (C=O) groups excluding carboxylic acids is 1. The fourth-order valence-corrected chi connectivity index (χ4v) is 2.12. The van der Waals surface area contributed by atoms with E-state index in [-0.39, 0.29) is 18.1 Å². The highest BCUT2D eigenvalue weighted by Gasteiger charge is 2.28. The van der Waals surface area contributed by atoms with Gasteiger partial charge in [-0.25, -0.2) is 0 Å². The summed E-state index contributed by atoms with van der Waals surface area (Å²) in [5.74, 6) is 0.377. The summed E-state index contributed by atoms with van der Waals surface area (Å²) in [4.78, 5) is 11.9. The second kappa shape index (κ2) is 5.52. The number of hydrogen-bond acceptors (Lipinski definition) is 2. The van der Waals surface area contributed by atoms with Crippen molar-refractivity contribution in [2.75, 3.05) is 5.32 Å². The summed E-state index contributed by atoms with van der Waals surface area (Å²) in [6.45, 7) is 1.99. The van der Waals surface area contributed by atoms with E-state index in [1.807, 2.05) is 31.2 Å². The van der Waals surface area contributed by atoms with Gasteiger partial charge in [-0.15, -0.1) is 11.6 Å². The summed E-state index contributed by atoms with van der Waals surface area (Å²) in [6, 6.07) is 7.54. The van der Waals surface area contributed by atoms with Gasteiger partial charge in [-0.2, -0.15) is 0 Å². The summed E-state index contributed by atoms with van der Waals surface area (Å²) >= 11 is 5.74. The fourth-order valence-electron chi connectivity index (χ4n) is 1.95. The minimum Gasteiger partial charge on any atom is -0.365 e. The highest BCUT2D eigenvalue weighted by atomic mass is 35.5. The van der Waals surface area contributed by atoms with Gasteiger partial charge in [0.05, 0.1) is 6.10 Å². The summed E-state index contributed by atoms with van der Waals surface area (Å²) in [5, 5.41) is 2.86. The van der Waals surface area contributed by atoms with E-state index in [9.17, 15) is 4.79 Å². The lowest BCUT2D eigenvalue weighted by Gasteiger charge is -2.12. The van der Waals surface area contributed by atoms with E-state index in [1.165, 1.54) is 0 Å². The molecule has 4 heteroatoms. The first-order valence-corrected chi connectivity index (χ1v) is 6.33. The van der Waals surface area contributed by atoms with Gasteiger partial charge in [0, 0.05) is 11.6 Å². The van der Waals surface area contributed by atoms with Crippen molar-refractivity contribution >= 4 is 23.2 Å². The van der Waals surface area contributed by atoms with Gasteiger partial charge in [0.2, 0.25) is 0 Å². The first-order chi connectivity index (χ1) is 8.19. The Morgan fingerprint density at radius 1 is 1.53 bits per heavy atom. The number of nitrogens with one attached hydrogen (secondary N) is 1. The summed E-state index contributed by atoms with van der Waals surface area (Å²) in [7, 11) is 0. The van der Waals surface area contributed by atoms with Crippen molar-refractivity contribution in [3.8, 4) is 0 Å². The van der Waals surface area contributed by atoms with E-state index in [1.54, 1.807) is 0 Å². The van der Waals surface area contributed by atoms with Crippen LogP contribution in [0.3, 0.4) is 0 Å². The SMILES string of the molecule is CC1CCC(C(=O)Nc2cccc(CCl)c2)O1. The molecule has 1 heterocycles. The molecule has 0 saturated carbocycles. The third-order valence-corrected chi connectivity index (χ3v) is 3.18. The standard InChI is InChI=1S/C13H16ClNO2/c1-9-5-6-12(17-9)13(16)15-11-4-2-3-10(7-11)8-14/h2-4,7,9,12H,5-6,8H2,1H3,(H,15,16). The molecule has 0 aliphatic carbocycles. The van der Waals surface area contributed by atoms with E-state index in [0.29, 0.717) is 5.88 Å². The quantitative estimate of drug-likeness (QED) is 0.842. The number of halogens is 1. The van der Waals surface area contributed by atoms with E-state index in [4.69, 9.17) is 16.3 Å². The van der Waals surface area contributed by atoms with Gasteiger partial charge in [0.1, 0.15) is 6.10 Å². The Balaban J connectivity index is 1.98. The van der Waals surface area contributed by atoms with Crippen LogP contribution in [0.1, 0.15) is 25.3 Å². The molecule has 2 unspecified atom stereocenters. The highest BCUT2D eigenvalue weighted by Crippen LogP contribution is 2.21. The monoisotopic (exact) mass is 253 g/mol. The lowest BCUT2D eigenvalue weighted by atomic mass is 10.2. The normalized spacial score (nSPS) is 23.6. The first-order valence-electron chi connectivity index (χ1n) is 5.80. The minimum atomic E-state index is -0.315. The van der Waals surface area contributed by atoms with Gasteiger partial charge in [0.25, 0.3) is 5.91 Å². The Kier molecular flexibility index (Phi) is 4.02. The molecule has 3 nitrogen and oxygen atoms in total. The van der Waals surface area contributed by atoms with Crippen LogP contribution in [-0.4, -0.2) is 18.1 Å². The number of benzene rings is 1. The average Bonchev–Trinajstić information content (AvgIpc) is 2.76. The van der Waals surface area contributed by atoms with Crippen LogP contribution in [0.4, 0.5) is 5.69 Å². The maximum Gasteiger partial charge on any atom is 0.253 e. The predicted octanol–water partition coefficient (Wildman–Crippen LogP) is 2.93. The second-order valence-electron chi connectivity index (χ2n) is 4.34. The summed E-state index contributed by atoms with van der Waals surface area (Å²) < 4.78 is 5.51. The molecule has 2 atom stereocenters. The number of amides is 1. The largest absolute Gasteiger partial charge is 0.365 e. The van der Waals surface area contributed by atoms with Gasteiger partial charge < -0.3 is 10.1 Å². The predicted molar refractivity (Wildman–Crippen MR) is 68.2 cm³/mol. The van der Waals surface area contributed by atoms with E-state index >= 15 is 0 Å². The van der Waals surface area contributed by atoms with Crippen LogP contribution in [0, 0.1) is 0 Å². The zero-order valence-electron chi connectivity index (χ0n) is 9.78. The number of hydrogen-bond donors (Lipinski definition) is 1. The minimum absolute atomic E-state index is 0.0685. The van der Waals surface area contributed by atoms with Gasteiger partial charge in [-0.1, -0.05) is 12.1 Å². The van der Waals surface area contributed by atoms with Gasteiger partial charge in [-0.3, -0.25) is 4.79 Å². The van der Waals surface area contributed by atoms with Crippen LogP contribution in [0.2, 0.25) is 0 Å². The smallest absolute Gasteiger partial charge is 0.253 e. The van der Waals surface area contributed by atoms with Crippen LogP contribution < -0.4 is 5.32 Å². The molecule has 1 saturated heterocycles. The van der Waals surface area contributed by atoms with Crippen LogP contribution in [0.15, 0.2) is 24.3 Å². The number of anilines is 1. The van der Waals surface area contributed by atoms with Gasteiger partial charge in [0.15, 0.2) is 0 Å². The molecule has 1 fully saturated rings. The lowest BCUT2D eigenvalue weighted by Crippen LogP contribution is -2.27. The molecular weight excluding hydrogens is 238 g/mol. The number of ether oxygens (including phenoxy) is 1. The van der Waals surface area contributed by atoms with Crippen molar-refractivity contribution in [3.63, 3.8) is 0 Å². The van der Waals surface area contributed by atoms with Gasteiger partial charge >= 0.3 is 0 Å². The van der Waals surface area contributed by atoms with Crippen molar-refractivity contribution in [1.82, 2.24) is 0 Å². The highest BCUT2D eigenvalue weighted by molar-refractivity contribution is 6.17. The van der Waals surface area contributed by atoms with Gasteiger partial charge in [-0.05, 0) is 37.5 Å². The third-order valence-electron chi connectivity index (χ3n) is 2.87. The van der Waals surface area contributed by atoms with Crippen molar-refractivity contribution < 1.29 is 9.53 Å². The molecule has 1 N–H and O–H groups in total. The molecule has 1 aliphatic heterocycles.